The lowest BCUT2D eigenvalue weighted by Gasteiger charge is -2.07. The first-order valence-electron chi connectivity index (χ1n) is 12.2. The van der Waals surface area contributed by atoms with Crippen LogP contribution in [0.25, 0.3) is 0 Å². The topological polar surface area (TPSA) is 54.0 Å². The fourth-order valence-electron chi connectivity index (χ4n) is 3.62. The van der Waals surface area contributed by atoms with Crippen LogP contribution in [-0.2, 0) is 6.54 Å². The Kier molecular flexibility index (Phi) is 17.3. The first kappa shape index (κ1) is 25.5. The number of nitrogens with zero attached hydrogens (tertiary/aromatic N) is 1. The van der Waals surface area contributed by atoms with Gasteiger partial charge in [-0.1, -0.05) is 103 Å². The third-order valence-corrected chi connectivity index (χ3v) is 5.52. The van der Waals surface area contributed by atoms with Crippen LogP contribution >= 0.6 is 0 Å². The highest BCUT2D eigenvalue weighted by Crippen LogP contribution is 2.13. The summed E-state index contributed by atoms with van der Waals surface area (Å²) in [5.74, 6) is 0. The molecule has 1 aromatic rings. The first-order valence-corrected chi connectivity index (χ1v) is 12.2. The SMILES string of the molecule is CCCCCCCCCCCCCCCCCCNC(=O)NCc1ccncc1. The molecule has 0 aromatic carbocycles. The van der Waals surface area contributed by atoms with Crippen LogP contribution in [0.3, 0.4) is 0 Å². The summed E-state index contributed by atoms with van der Waals surface area (Å²) >= 11 is 0. The second-order valence-corrected chi connectivity index (χ2v) is 8.27. The molecule has 2 N–H and O–H groups in total. The maximum Gasteiger partial charge on any atom is 0.315 e. The van der Waals surface area contributed by atoms with Gasteiger partial charge in [-0.05, 0) is 24.1 Å². The molecule has 1 heterocycles. The van der Waals surface area contributed by atoms with E-state index >= 15 is 0 Å². The predicted octanol–water partition coefficient (Wildman–Crippen LogP) is 7.14. The van der Waals surface area contributed by atoms with E-state index in [9.17, 15) is 4.79 Å². The minimum absolute atomic E-state index is 0.0808. The summed E-state index contributed by atoms with van der Waals surface area (Å²) < 4.78 is 0. The lowest BCUT2D eigenvalue weighted by atomic mass is 10.0. The van der Waals surface area contributed by atoms with Gasteiger partial charge in [0.1, 0.15) is 0 Å². The summed E-state index contributed by atoms with van der Waals surface area (Å²) in [6, 6.07) is 3.74. The molecule has 0 saturated heterocycles. The second kappa shape index (κ2) is 19.7. The third kappa shape index (κ3) is 17.0. The summed E-state index contributed by atoms with van der Waals surface area (Å²) in [5.41, 5.74) is 1.07. The molecule has 2 amide bonds. The molecule has 166 valence electrons. The largest absolute Gasteiger partial charge is 0.338 e. The summed E-state index contributed by atoms with van der Waals surface area (Å²) in [6.07, 6.45) is 25.4. The van der Waals surface area contributed by atoms with Gasteiger partial charge in [0, 0.05) is 25.5 Å². The Hall–Kier alpha value is -1.58. The van der Waals surface area contributed by atoms with Gasteiger partial charge in [0.25, 0.3) is 0 Å². The van der Waals surface area contributed by atoms with E-state index in [2.05, 4.69) is 22.5 Å². The average molecular weight is 404 g/mol. The van der Waals surface area contributed by atoms with E-state index in [1.54, 1.807) is 12.4 Å². The van der Waals surface area contributed by atoms with Crippen molar-refractivity contribution in [2.45, 2.75) is 116 Å². The molecular formula is C25H45N3O. The molecule has 0 aliphatic rings. The molecule has 4 nitrogen and oxygen atoms in total. The van der Waals surface area contributed by atoms with Gasteiger partial charge in [-0.3, -0.25) is 4.98 Å². The number of urea groups is 1. The molecule has 1 rings (SSSR count). The molecule has 0 atom stereocenters. The Morgan fingerprint density at radius 3 is 1.62 bits per heavy atom. The number of pyridine rings is 1. The van der Waals surface area contributed by atoms with E-state index in [1.807, 2.05) is 12.1 Å². The highest BCUT2D eigenvalue weighted by atomic mass is 16.2. The normalized spacial score (nSPS) is 10.8. The molecule has 1 aromatic heterocycles. The fourth-order valence-corrected chi connectivity index (χ4v) is 3.62. The fraction of sp³-hybridized carbons (Fsp3) is 0.760. The van der Waals surface area contributed by atoms with Crippen molar-refractivity contribution in [3.05, 3.63) is 30.1 Å². The van der Waals surface area contributed by atoms with Gasteiger partial charge in [-0.15, -0.1) is 0 Å². The van der Waals surface area contributed by atoms with Crippen LogP contribution < -0.4 is 10.6 Å². The first-order chi connectivity index (χ1) is 14.3. The Bertz CT molecular complexity index is 478. The number of carbonyl (C=O) groups excluding carboxylic acids is 1. The van der Waals surface area contributed by atoms with E-state index in [4.69, 9.17) is 0 Å². The lowest BCUT2D eigenvalue weighted by molar-refractivity contribution is 0.240. The van der Waals surface area contributed by atoms with Gasteiger partial charge in [-0.2, -0.15) is 0 Å². The van der Waals surface area contributed by atoms with Crippen LogP contribution in [0.1, 0.15) is 115 Å². The van der Waals surface area contributed by atoms with Crippen molar-refractivity contribution in [2.75, 3.05) is 6.54 Å². The molecule has 0 unspecified atom stereocenters. The van der Waals surface area contributed by atoms with E-state index in [0.717, 1.165) is 18.5 Å². The summed E-state index contributed by atoms with van der Waals surface area (Å²) in [7, 11) is 0. The van der Waals surface area contributed by atoms with Crippen LogP contribution in [0, 0.1) is 0 Å². The standard InChI is InChI=1S/C25H45N3O/c1-2-3-4-5-6-7-8-9-10-11-12-13-14-15-16-17-20-27-25(29)28-23-24-18-21-26-22-19-24/h18-19,21-22H,2-17,20,23H2,1H3,(H2,27,28,29). The smallest absolute Gasteiger partial charge is 0.315 e. The van der Waals surface area contributed by atoms with Crippen molar-refractivity contribution in [1.29, 1.82) is 0 Å². The molecule has 0 fully saturated rings. The van der Waals surface area contributed by atoms with Crippen molar-refractivity contribution in [1.82, 2.24) is 15.6 Å². The minimum atomic E-state index is -0.0808. The zero-order valence-corrected chi connectivity index (χ0v) is 18.9. The molecule has 0 aliphatic carbocycles. The highest BCUT2D eigenvalue weighted by molar-refractivity contribution is 5.73. The van der Waals surface area contributed by atoms with E-state index < -0.39 is 0 Å². The highest BCUT2D eigenvalue weighted by Gasteiger charge is 1.99. The Morgan fingerprint density at radius 2 is 1.14 bits per heavy atom. The monoisotopic (exact) mass is 403 g/mol. The van der Waals surface area contributed by atoms with Crippen molar-refractivity contribution in [3.8, 4) is 0 Å². The van der Waals surface area contributed by atoms with E-state index in [0.29, 0.717) is 6.54 Å². The van der Waals surface area contributed by atoms with Crippen LogP contribution in [0.4, 0.5) is 4.79 Å². The number of hydrogen-bond donors (Lipinski definition) is 2. The second-order valence-electron chi connectivity index (χ2n) is 8.27. The predicted molar refractivity (Wildman–Crippen MR) is 124 cm³/mol. The Labute approximate surface area is 179 Å². The molecule has 0 aliphatic heterocycles. The number of hydrogen-bond acceptors (Lipinski definition) is 2. The average Bonchev–Trinajstić information content (AvgIpc) is 2.75. The molecule has 29 heavy (non-hydrogen) atoms. The molecule has 0 saturated carbocycles. The third-order valence-electron chi connectivity index (χ3n) is 5.52. The molecule has 0 radical (unpaired) electrons. The molecule has 4 heteroatoms. The summed E-state index contributed by atoms with van der Waals surface area (Å²) in [6.45, 7) is 3.60. The summed E-state index contributed by atoms with van der Waals surface area (Å²) in [4.78, 5) is 15.7. The quantitative estimate of drug-likeness (QED) is 0.241. The van der Waals surface area contributed by atoms with Gasteiger partial charge in [0.15, 0.2) is 0 Å². The van der Waals surface area contributed by atoms with E-state index in [1.165, 1.54) is 96.3 Å². The van der Waals surface area contributed by atoms with Crippen molar-refractivity contribution >= 4 is 6.03 Å². The molecule has 0 spiro atoms. The zero-order chi connectivity index (χ0) is 20.8. The van der Waals surface area contributed by atoms with Crippen molar-refractivity contribution in [3.63, 3.8) is 0 Å². The zero-order valence-electron chi connectivity index (χ0n) is 18.9. The number of amides is 2. The number of carbonyl (C=O) groups is 1. The maximum absolute atomic E-state index is 11.7. The minimum Gasteiger partial charge on any atom is -0.338 e. The summed E-state index contributed by atoms with van der Waals surface area (Å²) in [5, 5.41) is 5.81. The maximum atomic E-state index is 11.7. The Morgan fingerprint density at radius 1 is 0.690 bits per heavy atom. The number of aromatic nitrogens is 1. The number of rotatable bonds is 19. The van der Waals surface area contributed by atoms with Gasteiger partial charge in [-0.25, -0.2) is 4.79 Å². The van der Waals surface area contributed by atoms with Crippen molar-refractivity contribution in [2.24, 2.45) is 0 Å². The number of unbranched alkanes of at least 4 members (excludes halogenated alkanes) is 15. The lowest BCUT2D eigenvalue weighted by Crippen LogP contribution is -2.35. The van der Waals surface area contributed by atoms with Gasteiger partial charge in [0.05, 0.1) is 0 Å². The van der Waals surface area contributed by atoms with Crippen LogP contribution in [0.5, 0.6) is 0 Å². The number of nitrogens with one attached hydrogen (secondary N) is 2. The van der Waals surface area contributed by atoms with Gasteiger partial charge in [0.2, 0.25) is 0 Å². The Balaban J connectivity index is 1.74. The van der Waals surface area contributed by atoms with Crippen LogP contribution in [0.2, 0.25) is 0 Å². The van der Waals surface area contributed by atoms with E-state index in [-0.39, 0.29) is 6.03 Å². The van der Waals surface area contributed by atoms with Crippen LogP contribution in [-0.4, -0.2) is 17.6 Å². The van der Waals surface area contributed by atoms with Gasteiger partial charge >= 0.3 is 6.03 Å². The molecule has 0 bridgehead atoms. The van der Waals surface area contributed by atoms with Crippen LogP contribution in [0.15, 0.2) is 24.5 Å². The van der Waals surface area contributed by atoms with Crippen molar-refractivity contribution < 1.29 is 4.79 Å². The van der Waals surface area contributed by atoms with Gasteiger partial charge < -0.3 is 10.6 Å². The molecular weight excluding hydrogens is 358 g/mol.